The molecule has 3 N–H and O–H groups in total. The molecular weight excluding hydrogens is 231 g/mol. The van der Waals surface area contributed by atoms with Crippen molar-refractivity contribution in [3.8, 4) is 12.3 Å². The van der Waals surface area contributed by atoms with Gasteiger partial charge in [0.15, 0.2) is 0 Å². The van der Waals surface area contributed by atoms with Crippen LogP contribution in [-0.4, -0.2) is 0 Å². The van der Waals surface area contributed by atoms with Gasteiger partial charge in [0, 0.05) is 22.5 Å². The molecule has 0 heterocycles. The average molecular weight is 243 g/mol. The van der Waals surface area contributed by atoms with E-state index >= 15 is 0 Å². The molecule has 0 saturated heterocycles. The molecule has 0 bridgehead atoms. The molecule has 4 heteroatoms. The van der Waals surface area contributed by atoms with Crippen LogP contribution in [0.1, 0.15) is 24.4 Å². The lowest BCUT2D eigenvalue weighted by molar-refractivity contribution is 0.524. The highest BCUT2D eigenvalue weighted by Crippen LogP contribution is 2.28. The van der Waals surface area contributed by atoms with E-state index < -0.39 is 0 Å². The van der Waals surface area contributed by atoms with E-state index in [1.54, 1.807) is 12.1 Å². The minimum atomic E-state index is -0.0363. The molecule has 0 spiro atoms. The topological polar surface area (TPSA) is 38.0 Å². The summed E-state index contributed by atoms with van der Waals surface area (Å²) in [6.45, 7) is 0. The summed E-state index contributed by atoms with van der Waals surface area (Å²) in [6, 6.07) is 5.29. The van der Waals surface area contributed by atoms with Gasteiger partial charge in [-0.25, -0.2) is 0 Å². The average Bonchev–Trinajstić information content (AvgIpc) is 2.21. The zero-order valence-electron chi connectivity index (χ0n) is 8.13. The van der Waals surface area contributed by atoms with Crippen molar-refractivity contribution in [2.75, 3.05) is 0 Å². The van der Waals surface area contributed by atoms with Crippen molar-refractivity contribution in [3.63, 3.8) is 0 Å². The van der Waals surface area contributed by atoms with Gasteiger partial charge in [0.1, 0.15) is 0 Å². The maximum Gasteiger partial charge on any atom is 0.0483 e. The Balaban J connectivity index is 2.87. The van der Waals surface area contributed by atoms with E-state index in [0.717, 1.165) is 12.0 Å². The molecule has 0 fully saturated rings. The van der Waals surface area contributed by atoms with Gasteiger partial charge in [-0.1, -0.05) is 29.3 Å². The van der Waals surface area contributed by atoms with Gasteiger partial charge < -0.3 is 0 Å². The van der Waals surface area contributed by atoms with Crippen LogP contribution in [0.3, 0.4) is 0 Å². The van der Waals surface area contributed by atoms with Crippen LogP contribution in [0.5, 0.6) is 0 Å². The monoisotopic (exact) mass is 242 g/mol. The second-order valence-electron chi connectivity index (χ2n) is 3.13. The second kappa shape index (κ2) is 5.99. The van der Waals surface area contributed by atoms with Gasteiger partial charge in [-0.2, -0.15) is 0 Å². The standard InChI is InChI=1S/C11H12Cl2N2/c1-2-3-4-11(15-14)9-6-5-8(12)7-10(9)13/h1,5-7,11,15H,3-4,14H2. The van der Waals surface area contributed by atoms with Gasteiger partial charge in [0.05, 0.1) is 0 Å². The van der Waals surface area contributed by atoms with Crippen LogP contribution in [0, 0.1) is 12.3 Å². The molecule has 0 amide bonds. The lowest BCUT2D eigenvalue weighted by Crippen LogP contribution is -2.28. The quantitative estimate of drug-likeness (QED) is 0.484. The number of terminal acetylenes is 1. The Labute approximate surface area is 99.7 Å². The largest absolute Gasteiger partial charge is 0.271 e. The van der Waals surface area contributed by atoms with Crippen LogP contribution < -0.4 is 11.3 Å². The summed E-state index contributed by atoms with van der Waals surface area (Å²) in [5.74, 6) is 8.01. The van der Waals surface area contributed by atoms with Crippen molar-refractivity contribution < 1.29 is 0 Å². The van der Waals surface area contributed by atoms with Gasteiger partial charge in [-0.15, -0.1) is 12.3 Å². The molecular formula is C11H12Cl2N2. The van der Waals surface area contributed by atoms with Crippen molar-refractivity contribution >= 4 is 23.2 Å². The molecule has 2 nitrogen and oxygen atoms in total. The minimum Gasteiger partial charge on any atom is -0.271 e. The number of rotatable bonds is 4. The zero-order valence-corrected chi connectivity index (χ0v) is 9.65. The molecule has 0 aromatic heterocycles. The summed E-state index contributed by atoms with van der Waals surface area (Å²) in [6.07, 6.45) is 6.59. The molecule has 0 aliphatic rings. The lowest BCUT2D eigenvalue weighted by Gasteiger charge is -2.16. The summed E-state index contributed by atoms with van der Waals surface area (Å²) in [5.41, 5.74) is 3.61. The van der Waals surface area contributed by atoms with Gasteiger partial charge in [0.2, 0.25) is 0 Å². The van der Waals surface area contributed by atoms with Crippen molar-refractivity contribution in [1.29, 1.82) is 0 Å². The molecule has 1 aromatic rings. The van der Waals surface area contributed by atoms with Crippen LogP contribution in [-0.2, 0) is 0 Å². The number of hydrogen-bond acceptors (Lipinski definition) is 2. The fourth-order valence-corrected chi connectivity index (χ4v) is 1.88. The molecule has 1 unspecified atom stereocenters. The summed E-state index contributed by atoms with van der Waals surface area (Å²) in [7, 11) is 0. The van der Waals surface area contributed by atoms with Crippen LogP contribution in [0.15, 0.2) is 18.2 Å². The van der Waals surface area contributed by atoms with E-state index in [1.165, 1.54) is 0 Å². The van der Waals surface area contributed by atoms with Crippen LogP contribution in [0.25, 0.3) is 0 Å². The normalized spacial score (nSPS) is 12.1. The molecule has 1 atom stereocenters. The van der Waals surface area contributed by atoms with Gasteiger partial charge >= 0.3 is 0 Å². The predicted molar refractivity (Wildman–Crippen MR) is 64.6 cm³/mol. The Bertz CT molecular complexity index is 371. The zero-order chi connectivity index (χ0) is 11.3. The minimum absolute atomic E-state index is 0.0363. The van der Waals surface area contributed by atoms with Crippen molar-refractivity contribution in [3.05, 3.63) is 33.8 Å². The number of hydrazine groups is 1. The van der Waals surface area contributed by atoms with Gasteiger partial charge in [-0.05, 0) is 24.1 Å². The van der Waals surface area contributed by atoms with E-state index in [-0.39, 0.29) is 6.04 Å². The van der Waals surface area contributed by atoms with E-state index in [1.807, 2.05) is 6.07 Å². The number of halogens is 2. The molecule has 0 aliphatic carbocycles. The van der Waals surface area contributed by atoms with E-state index in [4.69, 9.17) is 35.5 Å². The van der Waals surface area contributed by atoms with Crippen molar-refractivity contribution in [2.45, 2.75) is 18.9 Å². The molecule has 0 aliphatic heterocycles. The number of nitrogens with one attached hydrogen (secondary N) is 1. The number of benzene rings is 1. The molecule has 0 radical (unpaired) electrons. The molecule has 1 aromatic carbocycles. The molecule has 0 saturated carbocycles. The Morgan fingerprint density at radius 1 is 1.47 bits per heavy atom. The van der Waals surface area contributed by atoms with Gasteiger partial charge in [0.25, 0.3) is 0 Å². The van der Waals surface area contributed by atoms with Crippen LogP contribution in [0.2, 0.25) is 10.0 Å². The van der Waals surface area contributed by atoms with Crippen molar-refractivity contribution in [2.24, 2.45) is 5.84 Å². The summed E-state index contributed by atoms with van der Waals surface area (Å²) in [4.78, 5) is 0. The Morgan fingerprint density at radius 3 is 2.73 bits per heavy atom. The summed E-state index contributed by atoms with van der Waals surface area (Å²) < 4.78 is 0. The third-order valence-electron chi connectivity index (χ3n) is 2.12. The Kier molecular flexibility index (Phi) is 4.93. The van der Waals surface area contributed by atoms with E-state index in [9.17, 15) is 0 Å². The Hall–Kier alpha value is -0.720. The molecule has 15 heavy (non-hydrogen) atoms. The number of nitrogens with two attached hydrogens (primary N) is 1. The van der Waals surface area contributed by atoms with Crippen LogP contribution >= 0.6 is 23.2 Å². The predicted octanol–water partition coefficient (Wildman–Crippen LogP) is 2.91. The van der Waals surface area contributed by atoms with E-state index in [2.05, 4.69) is 11.3 Å². The second-order valence-corrected chi connectivity index (χ2v) is 3.97. The number of hydrogen-bond donors (Lipinski definition) is 2. The third-order valence-corrected chi connectivity index (χ3v) is 2.68. The maximum absolute atomic E-state index is 6.05. The smallest absolute Gasteiger partial charge is 0.0483 e. The first kappa shape index (κ1) is 12.4. The van der Waals surface area contributed by atoms with Crippen molar-refractivity contribution in [1.82, 2.24) is 5.43 Å². The SMILES string of the molecule is C#CCCC(NN)c1ccc(Cl)cc1Cl. The first-order valence-corrected chi connectivity index (χ1v) is 5.29. The summed E-state index contributed by atoms with van der Waals surface area (Å²) >= 11 is 11.9. The lowest BCUT2D eigenvalue weighted by atomic mass is 10.0. The fourth-order valence-electron chi connectivity index (χ4n) is 1.34. The van der Waals surface area contributed by atoms with E-state index in [0.29, 0.717) is 16.5 Å². The Morgan fingerprint density at radius 2 is 2.20 bits per heavy atom. The summed E-state index contributed by atoms with van der Waals surface area (Å²) in [5, 5.41) is 1.21. The molecule has 80 valence electrons. The highest BCUT2D eigenvalue weighted by Gasteiger charge is 2.12. The highest BCUT2D eigenvalue weighted by atomic mass is 35.5. The maximum atomic E-state index is 6.05. The first-order chi connectivity index (χ1) is 7.19. The molecule has 1 rings (SSSR count). The first-order valence-electron chi connectivity index (χ1n) is 4.53. The van der Waals surface area contributed by atoms with Crippen LogP contribution in [0.4, 0.5) is 0 Å². The fraction of sp³-hybridized carbons (Fsp3) is 0.273. The highest BCUT2D eigenvalue weighted by molar-refractivity contribution is 6.35. The third kappa shape index (κ3) is 3.40. The van der Waals surface area contributed by atoms with Gasteiger partial charge in [-0.3, -0.25) is 11.3 Å².